The van der Waals surface area contributed by atoms with Gasteiger partial charge in [0.1, 0.15) is 11.0 Å². The number of pyridine rings is 1. The van der Waals surface area contributed by atoms with Crippen molar-refractivity contribution in [2.45, 2.75) is 50.6 Å². The molecule has 39 heavy (non-hydrogen) atoms. The van der Waals surface area contributed by atoms with Crippen LogP contribution < -0.4 is 5.73 Å². The van der Waals surface area contributed by atoms with Crippen molar-refractivity contribution < 1.29 is 9.53 Å². The standard InChI is InChI=1S/C31H36ClN5O2/c1-39-18-6-17-37-28-10-3-2-9-27(28)35-31(37)24-7-5-16-36(21-24)29(38)20-25(33)19-22-11-13-23(14-12-22)26-8-4-15-34-30(26)32/h2-4,8-15,24-25H,5-7,16-21,33H2,1H3. The highest BCUT2D eigenvalue weighted by Gasteiger charge is 2.29. The molecular weight excluding hydrogens is 510 g/mol. The van der Waals surface area contributed by atoms with Crippen LogP contribution in [0.1, 0.15) is 43.0 Å². The van der Waals surface area contributed by atoms with E-state index in [1.54, 1.807) is 13.3 Å². The molecule has 0 bridgehead atoms. The van der Waals surface area contributed by atoms with Crippen LogP contribution in [0.2, 0.25) is 5.15 Å². The van der Waals surface area contributed by atoms with E-state index in [-0.39, 0.29) is 17.9 Å². The number of halogens is 1. The molecule has 8 heteroatoms. The molecule has 2 atom stereocenters. The van der Waals surface area contributed by atoms with Gasteiger partial charge in [-0.25, -0.2) is 9.97 Å². The largest absolute Gasteiger partial charge is 0.385 e. The van der Waals surface area contributed by atoms with Crippen molar-refractivity contribution in [2.75, 3.05) is 26.8 Å². The zero-order valence-corrected chi connectivity index (χ0v) is 23.2. The van der Waals surface area contributed by atoms with Gasteiger partial charge in [-0.05, 0) is 61.1 Å². The minimum Gasteiger partial charge on any atom is -0.385 e. The number of hydrogen-bond acceptors (Lipinski definition) is 5. The van der Waals surface area contributed by atoms with E-state index < -0.39 is 0 Å². The van der Waals surface area contributed by atoms with E-state index in [4.69, 9.17) is 27.1 Å². The van der Waals surface area contributed by atoms with Gasteiger partial charge in [0.15, 0.2) is 0 Å². The minimum atomic E-state index is -0.246. The number of likely N-dealkylation sites (tertiary alicyclic amines) is 1. The molecule has 0 saturated carbocycles. The Balaban J connectivity index is 1.21. The number of piperidine rings is 1. The number of methoxy groups -OCH3 is 1. The number of aryl methyl sites for hydroxylation is 1. The maximum absolute atomic E-state index is 13.3. The lowest BCUT2D eigenvalue weighted by atomic mass is 9.95. The van der Waals surface area contributed by atoms with Crippen LogP contribution in [-0.2, 0) is 22.5 Å². The molecule has 1 aliphatic rings. The first-order chi connectivity index (χ1) is 19.0. The molecule has 1 amide bonds. The number of amides is 1. The van der Waals surface area contributed by atoms with Crippen molar-refractivity contribution in [1.82, 2.24) is 19.4 Å². The lowest BCUT2D eigenvalue weighted by molar-refractivity contribution is -0.132. The van der Waals surface area contributed by atoms with Crippen molar-refractivity contribution in [3.8, 4) is 11.1 Å². The molecule has 2 unspecified atom stereocenters. The van der Waals surface area contributed by atoms with E-state index >= 15 is 0 Å². The molecule has 4 aromatic rings. The maximum Gasteiger partial charge on any atom is 0.224 e. The Bertz CT molecular complexity index is 1400. The fourth-order valence-electron chi connectivity index (χ4n) is 5.57. The number of para-hydroxylation sites is 2. The van der Waals surface area contributed by atoms with E-state index in [1.165, 1.54) is 0 Å². The Morgan fingerprint density at radius 3 is 2.77 bits per heavy atom. The topological polar surface area (TPSA) is 86.3 Å². The molecule has 0 spiro atoms. The Hall–Kier alpha value is -3.26. The van der Waals surface area contributed by atoms with Gasteiger partial charge in [-0.1, -0.05) is 48.0 Å². The number of rotatable bonds is 10. The van der Waals surface area contributed by atoms with Gasteiger partial charge in [0.25, 0.3) is 0 Å². The quantitative estimate of drug-likeness (QED) is 0.211. The van der Waals surface area contributed by atoms with Crippen LogP contribution in [0.15, 0.2) is 66.9 Å². The number of aromatic nitrogens is 3. The van der Waals surface area contributed by atoms with Crippen molar-refractivity contribution in [3.05, 3.63) is 83.4 Å². The highest BCUT2D eigenvalue weighted by molar-refractivity contribution is 6.32. The van der Waals surface area contributed by atoms with E-state index in [1.807, 2.05) is 47.4 Å². The number of imidazole rings is 1. The highest BCUT2D eigenvalue weighted by atomic mass is 35.5. The third kappa shape index (κ3) is 6.49. The second kappa shape index (κ2) is 12.7. The molecule has 1 aliphatic heterocycles. The number of carbonyl (C=O) groups excluding carboxylic acids is 1. The van der Waals surface area contributed by atoms with Gasteiger partial charge in [-0.2, -0.15) is 0 Å². The summed E-state index contributed by atoms with van der Waals surface area (Å²) in [6.45, 7) is 3.01. The summed E-state index contributed by atoms with van der Waals surface area (Å²) in [6, 6.07) is 20.0. The molecule has 7 nitrogen and oxygen atoms in total. The van der Waals surface area contributed by atoms with E-state index in [9.17, 15) is 4.79 Å². The molecule has 0 aliphatic carbocycles. The van der Waals surface area contributed by atoms with Gasteiger partial charge in [0.2, 0.25) is 5.91 Å². The van der Waals surface area contributed by atoms with Gasteiger partial charge in [0.05, 0.1) is 11.0 Å². The number of fused-ring (bicyclic) bond motifs is 1. The van der Waals surface area contributed by atoms with Gasteiger partial charge in [-0.15, -0.1) is 0 Å². The predicted octanol–water partition coefficient (Wildman–Crippen LogP) is 5.45. The third-order valence-corrected chi connectivity index (χ3v) is 7.81. The Morgan fingerprint density at radius 2 is 1.97 bits per heavy atom. The number of ether oxygens (including phenoxy) is 1. The van der Waals surface area contributed by atoms with Crippen LogP contribution in [-0.4, -0.2) is 58.2 Å². The third-order valence-electron chi connectivity index (χ3n) is 7.51. The maximum atomic E-state index is 13.3. The second-order valence-electron chi connectivity index (χ2n) is 10.3. The molecule has 5 rings (SSSR count). The SMILES string of the molecule is COCCCn1c(C2CCCN(C(=O)CC(N)Cc3ccc(-c4cccnc4Cl)cc3)C2)nc2ccccc21. The van der Waals surface area contributed by atoms with E-state index in [0.29, 0.717) is 31.1 Å². The molecule has 2 aromatic heterocycles. The minimum absolute atomic E-state index is 0.119. The zero-order chi connectivity index (χ0) is 27.2. The average molecular weight is 546 g/mol. The van der Waals surface area contributed by atoms with Gasteiger partial charge in [0, 0.05) is 63.5 Å². The Morgan fingerprint density at radius 1 is 1.15 bits per heavy atom. The van der Waals surface area contributed by atoms with Crippen LogP contribution in [0.25, 0.3) is 22.2 Å². The molecule has 1 saturated heterocycles. The van der Waals surface area contributed by atoms with Crippen LogP contribution in [0.4, 0.5) is 0 Å². The van der Waals surface area contributed by atoms with Gasteiger partial charge in [-0.3, -0.25) is 4.79 Å². The summed E-state index contributed by atoms with van der Waals surface area (Å²) < 4.78 is 7.61. The van der Waals surface area contributed by atoms with Crippen LogP contribution in [0.3, 0.4) is 0 Å². The van der Waals surface area contributed by atoms with Crippen LogP contribution >= 0.6 is 11.6 Å². The van der Waals surface area contributed by atoms with Crippen molar-refractivity contribution in [2.24, 2.45) is 5.73 Å². The molecule has 0 radical (unpaired) electrons. The first kappa shape index (κ1) is 27.3. The molecular formula is C31H36ClN5O2. The molecule has 1 fully saturated rings. The summed E-state index contributed by atoms with van der Waals surface area (Å²) in [5, 5.41) is 0.484. The normalized spacial score (nSPS) is 16.5. The number of nitrogens with zero attached hydrogens (tertiary/aromatic N) is 4. The second-order valence-corrected chi connectivity index (χ2v) is 10.7. The summed E-state index contributed by atoms with van der Waals surface area (Å²) in [4.78, 5) is 24.4. The zero-order valence-electron chi connectivity index (χ0n) is 22.4. The van der Waals surface area contributed by atoms with Crippen molar-refractivity contribution >= 4 is 28.5 Å². The molecule has 204 valence electrons. The van der Waals surface area contributed by atoms with Gasteiger partial charge >= 0.3 is 0 Å². The molecule has 2 aromatic carbocycles. The Kier molecular flexibility index (Phi) is 8.91. The lowest BCUT2D eigenvalue weighted by Gasteiger charge is -2.33. The summed E-state index contributed by atoms with van der Waals surface area (Å²) in [6.07, 6.45) is 5.55. The molecule has 2 N–H and O–H groups in total. The number of carbonyl (C=O) groups is 1. The summed E-state index contributed by atoms with van der Waals surface area (Å²) in [7, 11) is 1.73. The smallest absolute Gasteiger partial charge is 0.224 e. The number of hydrogen-bond donors (Lipinski definition) is 1. The molecule has 3 heterocycles. The van der Waals surface area contributed by atoms with Gasteiger partial charge < -0.3 is 19.9 Å². The lowest BCUT2D eigenvalue weighted by Crippen LogP contribution is -2.42. The van der Waals surface area contributed by atoms with E-state index in [0.717, 1.165) is 65.9 Å². The predicted molar refractivity (Wildman–Crippen MR) is 156 cm³/mol. The highest BCUT2D eigenvalue weighted by Crippen LogP contribution is 2.30. The number of benzene rings is 2. The summed E-state index contributed by atoms with van der Waals surface area (Å²) >= 11 is 6.24. The first-order valence-electron chi connectivity index (χ1n) is 13.7. The monoisotopic (exact) mass is 545 g/mol. The first-order valence-corrected chi connectivity index (χ1v) is 14.1. The van der Waals surface area contributed by atoms with Crippen LogP contribution in [0, 0.1) is 0 Å². The Labute approximate surface area is 235 Å². The van der Waals surface area contributed by atoms with Crippen molar-refractivity contribution in [3.63, 3.8) is 0 Å². The fraction of sp³-hybridized carbons (Fsp3) is 0.387. The van der Waals surface area contributed by atoms with E-state index in [2.05, 4.69) is 27.8 Å². The average Bonchev–Trinajstić information content (AvgIpc) is 3.33. The summed E-state index contributed by atoms with van der Waals surface area (Å²) in [5.41, 5.74) is 11.6. The van der Waals surface area contributed by atoms with Crippen LogP contribution in [0.5, 0.6) is 0 Å². The number of nitrogens with two attached hydrogens (primary N) is 1. The summed E-state index contributed by atoms with van der Waals surface area (Å²) in [5.74, 6) is 1.40. The van der Waals surface area contributed by atoms with Crippen molar-refractivity contribution in [1.29, 1.82) is 0 Å². The fourth-order valence-corrected chi connectivity index (χ4v) is 5.80.